The first-order valence-electron chi connectivity index (χ1n) is 5.75. The van der Waals surface area contributed by atoms with Crippen molar-refractivity contribution < 1.29 is 19.4 Å². The van der Waals surface area contributed by atoms with Gasteiger partial charge in [-0.3, -0.25) is 0 Å². The molecule has 0 radical (unpaired) electrons. The predicted molar refractivity (Wildman–Crippen MR) is 76.2 cm³/mol. The Morgan fingerprint density at radius 3 is 2.90 bits per heavy atom. The van der Waals surface area contributed by atoms with Gasteiger partial charge in [0.25, 0.3) is 0 Å². The van der Waals surface area contributed by atoms with Gasteiger partial charge in [-0.1, -0.05) is 0 Å². The quantitative estimate of drug-likeness (QED) is 0.907. The molecule has 0 saturated carbocycles. The van der Waals surface area contributed by atoms with Crippen LogP contribution in [0.1, 0.15) is 15.9 Å². The number of hydrogen-bond donors (Lipinski definition) is 1. The second-order valence-corrected chi connectivity index (χ2v) is 4.77. The van der Waals surface area contributed by atoms with Crippen LogP contribution >= 0.6 is 15.9 Å². The van der Waals surface area contributed by atoms with Crippen LogP contribution in [0.25, 0.3) is 0 Å². The second kappa shape index (κ2) is 6.38. The van der Waals surface area contributed by atoms with Gasteiger partial charge < -0.3 is 14.6 Å². The predicted octanol–water partition coefficient (Wildman–Crippen LogP) is 3.13. The van der Waals surface area contributed by atoms with Crippen molar-refractivity contribution >= 4 is 21.9 Å². The number of carboxylic acid groups (broad SMARTS) is 1. The van der Waals surface area contributed by atoms with Gasteiger partial charge in [-0.2, -0.15) is 0 Å². The average Bonchev–Trinajstić information content (AvgIpc) is 2.46. The Morgan fingerprint density at radius 1 is 1.40 bits per heavy atom. The third kappa shape index (κ3) is 3.27. The van der Waals surface area contributed by atoms with E-state index in [1.807, 2.05) is 6.07 Å². The number of benzene rings is 1. The molecule has 0 saturated heterocycles. The standard InChI is InChI=1S/C14H12BrNO4/c1-19-13-10(3-2-6-16-13)8-20-12-7-9(14(17)18)4-5-11(12)15/h2-7H,8H2,1H3,(H,17,18). The van der Waals surface area contributed by atoms with Gasteiger partial charge >= 0.3 is 5.97 Å². The molecule has 0 atom stereocenters. The van der Waals surface area contributed by atoms with Crippen molar-refractivity contribution in [2.75, 3.05) is 7.11 Å². The van der Waals surface area contributed by atoms with Crippen LogP contribution in [0.2, 0.25) is 0 Å². The van der Waals surface area contributed by atoms with Crippen molar-refractivity contribution in [3.8, 4) is 11.6 Å². The number of halogens is 1. The van der Waals surface area contributed by atoms with Crippen LogP contribution in [0, 0.1) is 0 Å². The Hall–Kier alpha value is -2.08. The summed E-state index contributed by atoms with van der Waals surface area (Å²) in [6.07, 6.45) is 1.63. The van der Waals surface area contributed by atoms with Crippen LogP contribution < -0.4 is 9.47 Å². The first kappa shape index (κ1) is 14.3. The van der Waals surface area contributed by atoms with Crippen molar-refractivity contribution in [2.45, 2.75) is 6.61 Å². The summed E-state index contributed by atoms with van der Waals surface area (Å²) in [5.41, 5.74) is 0.948. The lowest BCUT2D eigenvalue weighted by atomic mass is 10.2. The molecule has 1 aromatic carbocycles. The van der Waals surface area contributed by atoms with Gasteiger partial charge in [-0.05, 0) is 46.3 Å². The first-order valence-corrected chi connectivity index (χ1v) is 6.54. The van der Waals surface area contributed by atoms with Gasteiger partial charge in [0.05, 0.1) is 22.7 Å². The maximum atomic E-state index is 10.9. The Bertz CT molecular complexity index is 630. The zero-order valence-electron chi connectivity index (χ0n) is 10.7. The molecule has 1 heterocycles. The van der Waals surface area contributed by atoms with Gasteiger partial charge in [-0.25, -0.2) is 9.78 Å². The largest absolute Gasteiger partial charge is 0.487 e. The Morgan fingerprint density at radius 2 is 2.20 bits per heavy atom. The van der Waals surface area contributed by atoms with Gasteiger partial charge in [0.2, 0.25) is 5.88 Å². The molecular formula is C14H12BrNO4. The minimum atomic E-state index is -0.999. The normalized spacial score (nSPS) is 10.1. The summed E-state index contributed by atoms with van der Waals surface area (Å²) in [7, 11) is 1.53. The highest BCUT2D eigenvalue weighted by atomic mass is 79.9. The molecule has 0 unspecified atom stereocenters. The molecule has 1 N–H and O–H groups in total. The number of hydrogen-bond acceptors (Lipinski definition) is 4. The summed E-state index contributed by atoms with van der Waals surface area (Å²) >= 11 is 3.32. The molecule has 0 aliphatic carbocycles. The molecule has 20 heavy (non-hydrogen) atoms. The van der Waals surface area contributed by atoms with Gasteiger partial charge in [-0.15, -0.1) is 0 Å². The van der Waals surface area contributed by atoms with Crippen molar-refractivity contribution in [1.29, 1.82) is 0 Å². The topological polar surface area (TPSA) is 68.7 Å². The zero-order valence-corrected chi connectivity index (χ0v) is 12.3. The number of aromatic carboxylic acids is 1. The fraction of sp³-hybridized carbons (Fsp3) is 0.143. The molecular weight excluding hydrogens is 326 g/mol. The molecule has 2 rings (SSSR count). The molecule has 0 spiro atoms. The van der Waals surface area contributed by atoms with E-state index in [0.717, 1.165) is 5.56 Å². The highest BCUT2D eigenvalue weighted by Gasteiger charge is 2.10. The monoisotopic (exact) mass is 337 g/mol. The maximum Gasteiger partial charge on any atom is 0.335 e. The Kier molecular flexibility index (Phi) is 4.57. The number of rotatable bonds is 5. The lowest BCUT2D eigenvalue weighted by molar-refractivity contribution is 0.0696. The lowest BCUT2D eigenvalue weighted by Gasteiger charge is -2.11. The van der Waals surface area contributed by atoms with E-state index in [2.05, 4.69) is 20.9 Å². The SMILES string of the molecule is COc1ncccc1COc1cc(C(=O)O)ccc1Br. The zero-order chi connectivity index (χ0) is 14.5. The summed E-state index contributed by atoms with van der Waals surface area (Å²) in [6.45, 7) is 0.235. The molecule has 0 fully saturated rings. The second-order valence-electron chi connectivity index (χ2n) is 3.91. The molecule has 0 aliphatic heterocycles. The molecule has 0 amide bonds. The van der Waals surface area contributed by atoms with E-state index in [9.17, 15) is 4.79 Å². The van der Waals surface area contributed by atoms with Crippen molar-refractivity contribution in [1.82, 2.24) is 4.98 Å². The number of carboxylic acids is 1. The molecule has 104 valence electrons. The van der Waals surface area contributed by atoms with E-state index in [1.165, 1.54) is 19.2 Å². The lowest BCUT2D eigenvalue weighted by Crippen LogP contribution is -2.02. The summed E-state index contributed by atoms with van der Waals surface area (Å²) in [5, 5.41) is 8.97. The van der Waals surface area contributed by atoms with Crippen LogP contribution in [0.15, 0.2) is 41.0 Å². The highest BCUT2D eigenvalue weighted by Crippen LogP contribution is 2.27. The summed E-state index contributed by atoms with van der Waals surface area (Å²) < 4.78 is 11.4. The van der Waals surface area contributed by atoms with Gasteiger partial charge in [0.15, 0.2) is 0 Å². The van der Waals surface area contributed by atoms with Crippen molar-refractivity contribution in [3.63, 3.8) is 0 Å². The van der Waals surface area contributed by atoms with Crippen molar-refractivity contribution in [3.05, 3.63) is 52.1 Å². The summed E-state index contributed by atoms with van der Waals surface area (Å²) in [4.78, 5) is 15.0. The van der Waals surface area contributed by atoms with E-state index in [-0.39, 0.29) is 12.2 Å². The number of carbonyl (C=O) groups is 1. The number of methoxy groups -OCH3 is 1. The number of nitrogens with zero attached hydrogens (tertiary/aromatic N) is 1. The first-order chi connectivity index (χ1) is 9.61. The maximum absolute atomic E-state index is 10.9. The van der Waals surface area contributed by atoms with Gasteiger partial charge in [0, 0.05) is 6.20 Å². The van der Waals surface area contributed by atoms with Gasteiger partial charge in [0.1, 0.15) is 12.4 Å². The number of aromatic nitrogens is 1. The van der Waals surface area contributed by atoms with E-state index in [4.69, 9.17) is 14.6 Å². The minimum Gasteiger partial charge on any atom is -0.487 e. The fourth-order valence-corrected chi connectivity index (χ4v) is 1.98. The fourth-order valence-electron chi connectivity index (χ4n) is 1.62. The molecule has 2 aromatic rings. The van der Waals surface area contributed by atoms with E-state index >= 15 is 0 Å². The molecule has 0 aliphatic rings. The minimum absolute atomic E-state index is 0.168. The van der Waals surface area contributed by atoms with Crippen LogP contribution in [-0.4, -0.2) is 23.2 Å². The van der Waals surface area contributed by atoms with Crippen LogP contribution in [0.3, 0.4) is 0 Å². The smallest absolute Gasteiger partial charge is 0.335 e. The highest BCUT2D eigenvalue weighted by molar-refractivity contribution is 9.10. The molecule has 0 bridgehead atoms. The van der Waals surface area contributed by atoms with Crippen LogP contribution in [0.5, 0.6) is 11.6 Å². The van der Waals surface area contributed by atoms with Crippen molar-refractivity contribution in [2.24, 2.45) is 0 Å². The van der Waals surface area contributed by atoms with Crippen LogP contribution in [-0.2, 0) is 6.61 Å². The third-order valence-electron chi connectivity index (χ3n) is 2.60. The number of ether oxygens (including phenoxy) is 2. The average molecular weight is 338 g/mol. The summed E-state index contributed by atoms with van der Waals surface area (Å²) in [6, 6.07) is 8.23. The molecule has 1 aromatic heterocycles. The Balaban J connectivity index is 2.18. The summed E-state index contributed by atoms with van der Waals surface area (Å²) in [5.74, 6) is -0.0601. The molecule has 5 nitrogen and oxygen atoms in total. The van der Waals surface area contributed by atoms with E-state index in [1.54, 1.807) is 18.3 Å². The number of pyridine rings is 1. The third-order valence-corrected chi connectivity index (χ3v) is 3.26. The van der Waals surface area contributed by atoms with E-state index in [0.29, 0.717) is 16.1 Å². The Labute approximate surface area is 124 Å². The van der Waals surface area contributed by atoms with E-state index < -0.39 is 5.97 Å². The molecule has 6 heteroatoms. The van der Waals surface area contributed by atoms with Crippen LogP contribution in [0.4, 0.5) is 0 Å².